The van der Waals surface area contributed by atoms with Crippen LogP contribution >= 0.6 is 11.6 Å². The van der Waals surface area contributed by atoms with Crippen molar-refractivity contribution in [3.8, 4) is 5.69 Å². The average Bonchev–Trinajstić information content (AvgIpc) is 3.44. The standard InChI is InChI=1S/C22H22ClF4N5O/c1-4-12(2)19-17(11-28-32(19)15-7-5-14(24)6-8-15)30-10-9-16(21(30)33)31-13(3)18(23)20(29-31)22(25,26)27/h5-8,11-12,16H,4,9-10H2,1-3H3. The molecule has 0 saturated carbocycles. The fourth-order valence-electron chi connectivity index (χ4n) is 4.11. The van der Waals surface area contributed by atoms with Gasteiger partial charge in [0, 0.05) is 12.5 Å². The SMILES string of the molecule is CCC(C)c1c(N2CCC(n3nc(C(F)(F)F)c(Cl)c3C)C2=O)cnn1-c1ccc(F)cc1. The first-order chi connectivity index (χ1) is 15.5. The molecule has 176 valence electrons. The van der Waals surface area contributed by atoms with E-state index in [0.29, 0.717) is 17.9 Å². The molecule has 1 aliphatic heterocycles. The molecule has 33 heavy (non-hydrogen) atoms. The van der Waals surface area contributed by atoms with Gasteiger partial charge in [0.2, 0.25) is 0 Å². The van der Waals surface area contributed by atoms with Crippen molar-refractivity contribution in [3.05, 3.63) is 58.4 Å². The second-order valence-corrected chi connectivity index (χ2v) is 8.48. The molecule has 1 saturated heterocycles. The maximum absolute atomic E-state index is 13.4. The lowest BCUT2D eigenvalue weighted by molar-refractivity contribution is -0.141. The molecule has 2 atom stereocenters. The summed E-state index contributed by atoms with van der Waals surface area (Å²) < 4.78 is 55.9. The van der Waals surface area contributed by atoms with E-state index < -0.39 is 22.9 Å². The summed E-state index contributed by atoms with van der Waals surface area (Å²) >= 11 is 5.88. The Balaban J connectivity index is 1.72. The first-order valence-corrected chi connectivity index (χ1v) is 10.9. The van der Waals surface area contributed by atoms with Crippen LogP contribution in [-0.2, 0) is 11.0 Å². The number of hydrogen-bond acceptors (Lipinski definition) is 3. The summed E-state index contributed by atoms with van der Waals surface area (Å²) in [6, 6.07) is 4.95. The van der Waals surface area contributed by atoms with Crippen molar-refractivity contribution in [3.63, 3.8) is 0 Å². The van der Waals surface area contributed by atoms with E-state index in [9.17, 15) is 22.4 Å². The molecule has 0 N–H and O–H groups in total. The normalized spacial score (nSPS) is 17.8. The minimum absolute atomic E-state index is 0.0112. The van der Waals surface area contributed by atoms with Gasteiger partial charge in [-0.2, -0.15) is 23.4 Å². The Morgan fingerprint density at radius 2 is 1.91 bits per heavy atom. The monoisotopic (exact) mass is 483 g/mol. The van der Waals surface area contributed by atoms with Crippen LogP contribution in [0.5, 0.6) is 0 Å². The van der Waals surface area contributed by atoms with Crippen molar-refractivity contribution in [2.45, 2.75) is 51.7 Å². The quantitative estimate of drug-likeness (QED) is 0.439. The highest BCUT2D eigenvalue weighted by Crippen LogP contribution is 2.40. The van der Waals surface area contributed by atoms with E-state index in [1.54, 1.807) is 23.0 Å². The molecule has 2 unspecified atom stereocenters. The Hall–Kier alpha value is -2.88. The van der Waals surface area contributed by atoms with Crippen LogP contribution in [0.2, 0.25) is 5.02 Å². The van der Waals surface area contributed by atoms with Crippen LogP contribution in [0.4, 0.5) is 23.2 Å². The van der Waals surface area contributed by atoms with E-state index in [1.165, 1.54) is 24.0 Å². The third kappa shape index (κ3) is 4.01. The van der Waals surface area contributed by atoms with E-state index in [0.717, 1.165) is 16.8 Å². The van der Waals surface area contributed by atoms with Gasteiger partial charge in [-0.1, -0.05) is 25.4 Å². The molecule has 1 aromatic carbocycles. The van der Waals surface area contributed by atoms with Crippen molar-refractivity contribution in [2.75, 3.05) is 11.4 Å². The van der Waals surface area contributed by atoms with Crippen LogP contribution < -0.4 is 4.90 Å². The van der Waals surface area contributed by atoms with Crippen LogP contribution in [0, 0.1) is 12.7 Å². The molecular weight excluding hydrogens is 462 g/mol. The Labute approximate surface area is 192 Å². The van der Waals surface area contributed by atoms with Gasteiger partial charge >= 0.3 is 6.18 Å². The molecule has 4 rings (SSSR count). The predicted octanol–water partition coefficient (Wildman–Crippen LogP) is 5.68. The first-order valence-electron chi connectivity index (χ1n) is 10.5. The molecule has 1 amide bonds. The van der Waals surface area contributed by atoms with Crippen LogP contribution in [0.15, 0.2) is 30.5 Å². The van der Waals surface area contributed by atoms with Crippen molar-refractivity contribution < 1.29 is 22.4 Å². The summed E-state index contributed by atoms with van der Waals surface area (Å²) in [5, 5.41) is 7.57. The topological polar surface area (TPSA) is 56.0 Å². The number of hydrogen-bond donors (Lipinski definition) is 0. The minimum Gasteiger partial charge on any atom is -0.307 e. The van der Waals surface area contributed by atoms with Gasteiger partial charge in [-0.3, -0.25) is 9.48 Å². The molecule has 0 spiro atoms. The summed E-state index contributed by atoms with van der Waals surface area (Å²) in [4.78, 5) is 14.9. The van der Waals surface area contributed by atoms with Gasteiger partial charge in [-0.25, -0.2) is 9.07 Å². The highest BCUT2D eigenvalue weighted by Gasteiger charge is 2.42. The van der Waals surface area contributed by atoms with Crippen LogP contribution in [-0.4, -0.2) is 32.0 Å². The van der Waals surface area contributed by atoms with E-state index in [2.05, 4.69) is 10.2 Å². The highest BCUT2D eigenvalue weighted by molar-refractivity contribution is 6.32. The Morgan fingerprint density at radius 3 is 2.48 bits per heavy atom. The number of carbonyl (C=O) groups excluding carboxylic acids is 1. The summed E-state index contributed by atoms with van der Waals surface area (Å²) in [6.07, 6.45) is -2.12. The van der Waals surface area contributed by atoms with Crippen LogP contribution in [0.3, 0.4) is 0 Å². The number of anilines is 1. The van der Waals surface area contributed by atoms with E-state index in [4.69, 9.17) is 11.6 Å². The Kier molecular flexibility index (Phi) is 5.98. The van der Waals surface area contributed by atoms with Gasteiger partial charge in [-0.05, 0) is 44.0 Å². The van der Waals surface area contributed by atoms with Gasteiger partial charge in [-0.15, -0.1) is 0 Å². The minimum atomic E-state index is -4.71. The number of amides is 1. The van der Waals surface area contributed by atoms with Gasteiger partial charge in [0.1, 0.15) is 11.9 Å². The van der Waals surface area contributed by atoms with E-state index in [1.807, 2.05) is 13.8 Å². The zero-order valence-corrected chi connectivity index (χ0v) is 19.0. The van der Waals surface area contributed by atoms with Crippen molar-refractivity contribution in [2.24, 2.45) is 0 Å². The molecule has 2 aromatic heterocycles. The first kappa shape index (κ1) is 23.3. The van der Waals surface area contributed by atoms with Crippen molar-refractivity contribution in [1.82, 2.24) is 19.6 Å². The molecule has 6 nitrogen and oxygen atoms in total. The van der Waals surface area contributed by atoms with E-state index >= 15 is 0 Å². The molecule has 0 radical (unpaired) electrons. The highest BCUT2D eigenvalue weighted by atomic mass is 35.5. The van der Waals surface area contributed by atoms with Gasteiger partial charge in [0.25, 0.3) is 5.91 Å². The lowest BCUT2D eigenvalue weighted by Gasteiger charge is -2.21. The smallest absolute Gasteiger partial charge is 0.307 e. The maximum Gasteiger partial charge on any atom is 0.436 e. The largest absolute Gasteiger partial charge is 0.436 e. The second kappa shape index (κ2) is 8.48. The number of benzene rings is 1. The van der Waals surface area contributed by atoms with Gasteiger partial charge in [0.15, 0.2) is 5.69 Å². The molecular formula is C22H22ClF4N5O. The zero-order chi connectivity index (χ0) is 24.1. The number of halogens is 5. The second-order valence-electron chi connectivity index (χ2n) is 8.10. The summed E-state index contributed by atoms with van der Waals surface area (Å²) in [6.45, 7) is 5.70. The van der Waals surface area contributed by atoms with Gasteiger partial charge in [0.05, 0.1) is 34.0 Å². The molecule has 0 aliphatic carbocycles. The summed E-state index contributed by atoms with van der Waals surface area (Å²) in [5.74, 6) is -0.744. The number of carbonyl (C=O) groups is 1. The molecule has 3 heterocycles. The lowest BCUT2D eigenvalue weighted by Crippen LogP contribution is -2.30. The lowest BCUT2D eigenvalue weighted by atomic mass is 10.0. The Bertz CT molecular complexity index is 1180. The maximum atomic E-state index is 13.4. The molecule has 1 aliphatic rings. The molecule has 1 fully saturated rings. The fraction of sp³-hybridized carbons (Fsp3) is 0.409. The summed E-state index contributed by atoms with van der Waals surface area (Å²) in [7, 11) is 0. The fourth-order valence-corrected chi connectivity index (χ4v) is 4.35. The van der Waals surface area contributed by atoms with E-state index in [-0.39, 0.29) is 29.8 Å². The Morgan fingerprint density at radius 1 is 1.24 bits per heavy atom. The average molecular weight is 484 g/mol. The third-order valence-electron chi connectivity index (χ3n) is 6.05. The van der Waals surface area contributed by atoms with Crippen LogP contribution in [0.25, 0.3) is 5.69 Å². The number of alkyl halides is 3. The third-order valence-corrected chi connectivity index (χ3v) is 6.50. The summed E-state index contributed by atoms with van der Waals surface area (Å²) in [5.41, 5.74) is 0.883. The molecule has 3 aromatic rings. The number of aromatic nitrogens is 4. The zero-order valence-electron chi connectivity index (χ0n) is 18.2. The van der Waals surface area contributed by atoms with Gasteiger partial charge < -0.3 is 4.90 Å². The molecule has 0 bridgehead atoms. The predicted molar refractivity (Wildman–Crippen MR) is 115 cm³/mol. The molecule has 11 heteroatoms. The number of nitrogens with zero attached hydrogens (tertiary/aromatic N) is 5. The van der Waals surface area contributed by atoms with Crippen molar-refractivity contribution >= 4 is 23.2 Å². The van der Waals surface area contributed by atoms with Crippen molar-refractivity contribution in [1.29, 1.82) is 0 Å². The number of rotatable bonds is 5. The van der Waals surface area contributed by atoms with Crippen LogP contribution in [0.1, 0.15) is 55.7 Å².